The maximum atomic E-state index is 12.5. The van der Waals surface area contributed by atoms with E-state index in [1.807, 2.05) is 0 Å². The maximum Gasteiger partial charge on any atom is 0.416 e. The standard InChI is InChI=1S/C15H22F3NO2/c1-14(20,7-8-19-9-10-21-2)11-12-3-5-13(6-4-12)15(16,17)18/h3-6,19-20H,7-11H2,1-2H3. The van der Waals surface area contributed by atoms with Gasteiger partial charge in [-0.25, -0.2) is 0 Å². The van der Waals surface area contributed by atoms with Gasteiger partial charge in [-0.2, -0.15) is 13.2 Å². The number of benzene rings is 1. The normalized spacial score (nSPS) is 15.0. The highest BCUT2D eigenvalue weighted by Gasteiger charge is 2.30. The number of methoxy groups -OCH3 is 1. The third-order valence-corrected chi connectivity index (χ3v) is 3.19. The van der Waals surface area contributed by atoms with Crippen LogP contribution in [0.4, 0.5) is 13.2 Å². The Hall–Kier alpha value is -1.11. The van der Waals surface area contributed by atoms with Crippen LogP contribution in [0.25, 0.3) is 0 Å². The highest BCUT2D eigenvalue weighted by molar-refractivity contribution is 5.25. The third-order valence-electron chi connectivity index (χ3n) is 3.19. The summed E-state index contributed by atoms with van der Waals surface area (Å²) in [5.41, 5.74) is -0.947. The zero-order valence-electron chi connectivity index (χ0n) is 12.3. The Bertz CT molecular complexity index is 416. The topological polar surface area (TPSA) is 41.5 Å². The molecule has 1 rings (SSSR count). The molecule has 0 aromatic heterocycles. The van der Waals surface area contributed by atoms with Crippen molar-refractivity contribution in [3.63, 3.8) is 0 Å². The third kappa shape index (κ3) is 6.93. The van der Waals surface area contributed by atoms with Crippen LogP contribution in [0.2, 0.25) is 0 Å². The lowest BCUT2D eigenvalue weighted by atomic mass is 9.93. The summed E-state index contributed by atoms with van der Waals surface area (Å²) in [6.45, 7) is 3.60. The molecule has 0 aliphatic heterocycles. The number of halogens is 3. The van der Waals surface area contributed by atoms with Gasteiger partial charge in [-0.3, -0.25) is 0 Å². The minimum atomic E-state index is -4.33. The quantitative estimate of drug-likeness (QED) is 0.726. The first-order valence-corrected chi connectivity index (χ1v) is 6.83. The van der Waals surface area contributed by atoms with Gasteiger partial charge in [0.2, 0.25) is 0 Å². The van der Waals surface area contributed by atoms with Gasteiger partial charge < -0.3 is 15.2 Å². The molecule has 0 saturated heterocycles. The fourth-order valence-electron chi connectivity index (χ4n) is 2.00. The van der Waals surface area contributed by atoms with Crippen LogP contribution in [0.15, 0.2) is 24.3 Å². The van der Waals surface area contributed by atoms with E-state index in [4.69, 9.17) is 4.74 Å². The minimum absolute atomic E-state index is 0.317. The van der Waals surface area contributed by atoms with Crippen LogP contribution in [-0.2, 0) is 17.3 Å². The van der Waals surface area contributed by atoms with E-state index in [9.17, 15) is 18.3 Å². The van der Waals surface area contributed by atoms with Crippen LogP contribution < -0.4 is 5.32 Å². The number of rotatable bonds is 8. The van der Waals surface area contributed by atoms with Gasteiger partial charge in [-0.05, 0) is 37.6 Å². The van der Waals surface area contributed by atoms with Crippen LogP contribution >= 0.6 is 0 Å². The van der Waals surface area contributed by atoms with E-state index in [2.05, 4.69) is 5.32 Å². The lowest BCUT2D eigenvalue weighted by Gasteiger charge is -2.23. The number of aliphatic hydroxyl groups is 1. The lowest BCUT2D eigenvalue weighted by molar-refractivity contribution is -0.137. The van der Waals surface area contributed by atoms with Gasteiger partial charge >= 0.3 is 6.18 Å². The second kappa shape index (κ2) is 7.77. The zero-order valence-corrected chi connectivity index (χ0v) is 12.3. The maximum absolute atomic E-state index is 12.5. The van der Waals surface area contributed by atoms with Crippen molar-refractivity contribution in [3.8, 4) is 0 Å². The first kappa shape index (κ1) is 17.9. The van der Waals surface area contributed by atoms with Crippen molar-refractivity contribution in [3.05, 3.63) is 35.4 Å². The molecule has 0 spiro atoms. The number of nitrogens with one attached hydrogen (secondary N) is 1. The SMILES string of the molecule is COCCNCCC(C)(O)Cc1ccc(C(F)(F)F)cc1. The molecule has 6 heteroatoms. The van der Waals surface area contributed by atoms with Gasteiger partial charge in [0, 0.05) is 20.1 Å². The van der Waals surface area contributed by atoms with Crippen LogP contribution in [0.1, 0.15) is 24.5 Å². The molecular weight excluding hydrogens is 283 g/mol. The predicted octanol–water partition coefficient (Wildman–Crippen LogP) is 2.63. The second-order valence-corrected chi connectivity index (χ2v) is 5.36. The Morgan fingerprint density at radius 1 is 1.14 bits per heavy atom. The van der Waals surface area contributed by atoms with Crippen molar-refractivity contribution >= 4 is 0 Å². The van der Waals surface area contributed by atoms with E-state index in [-0.39, 0.29) is 0 Å². The van der Waals surface area contributed by atoms with Crippen molar-refractivity contribution in [1.29, 1.82) is 0 Å². The van der Waals surface area contributed by atoms with E-state index in [0.29, 0.717) is 38.1 Å². The largest absolute Gasteiger partial charge is 0.416 e. The molecular formula is C15H22F3NO2. The lowest BCUT2D eigenvalue weighted by Crippen LogP contribution is -2.33. The van der Waals surface area contributed by atoms with Crippen molar-refractivity contribution < 1.29 is 23.0 Å². The van der Waals surface area contributed by atoms with E-state index in [1.165, 1.54) is 12.1 Å². The predicted molar refractivity (Wildman–Crippen MR) is 75.1 cm³/mol. The summed E-state index contributed by atoms with van der Waals surface area (Å²) in [4.78, 5) is 0. The Balaban J connectivity index is 2.47. The Morgan fingerprint density at radius 2 is 1.76 bits per heavy atom. The first-order valence-electron chi connectivity index (χ1n) is 6.83. The summed E-state index contributed by atoms with van der Waals surface area (Å²) in [7, 11) is 1.61. The fourth-order valence-corrected chi connectivity index (χ4v) is 2.00. The molecule has 0 aliphatic carbocycles. The van der Waals surface area contributed by atoms with Gasteiger partial charge in [0.25, 0.3) is 0 Å². The zero-order chi connectivity index (χ0) is 15.9. The molecule has 0 fully saturated rings. The molecule has 120 valence electrons. The summed E-state index contributed by atoms with van der Waals surface area (Å²) in [6.07, 6.45) is -3.50. The average Bonchev–Trinajstić information content (AvgIpc) is 2.37. The fraction of sp³-hybridized carbons (Fsp3) is 0.600. The second-order valence-electron chi connectivity index (χ2n) is 5.36. The Morgan fingerprint density at radius 3 is 2.29 bits per heavy atom. The first-order chi connectivity index (χ1) is 9.74. The molecule has 1 aromatic rings. The van der Waals surface area contributed by atoms with Crippen molar-refractivity contribution in [2.75, 3.05) is 26.8 Å². The van der Waals surface area contributed by atoms with E-state index >= 15 is 0 Å². The van der Waals surface area contributed by atoms with Crippen molar-refractivity contribution in [1.82, 2.24) is 5.32 Å². The smallest absolute Gasteiger partial charge is 0.390 e. The summed E-state index contributed by atoms with van der Waals surface area (Å²) < 4.78 is 42.3. The molecule has 3 nitrogen and oxygen atoms in total. The van der Waals surface area contributed by atoms with Crippen LogP contribution in [0, 0.1) is 0 Å². The van der Waals surface area contributed by atoms with Gasteiger partial charge in [0.05, 0.1) is 17.8 Å². The average molecular weight is 305 g/mol. The monoisotopic (exact) mass is 305 g/mol. The molecule has 0 bridgehead atoms. The molecule has 1 atom stereocenters. The molecule has 2 N–H and O–H groups in total. The van der Waals surface area contributed by atoms with Crippen molar-refractivity contribution in [2.24, 2.45) is 0 Å². The molecule has 0 saturated carbocycles. The Labute approximate surface area is 123 Å². The Kier molecular flexibility index (Phi) is 6.64. The molecule has 21 heavy (non-hydrogen) atoms. The van der Waals surface area contributed by atoms with Gasteiger partial charge in [0.15, 0.2) is 0 Å². The highest BCUT2D eigenvalue weighted by atomic mass is 19.4. The van der Waals surface area contributed by atoms with Gasteiger partial charge in [0.1, 0.15) is 0 Å². The molecule has 1 aromatic carbocycles. The summed E-state index contributed by atoms with van der Waals surface area (Å²) in [5, 5.41) is 13.4. The van der Waals surface area contributed by atoms with Gasteiger partial charge in [-0.15, -0.1) is 0 Å². The van der Waals surface area contributed by atoms with E-state index in [0.717, 1.165) is 12.1 Å². The summed E-state index contributed by atoms with van der Waals surface area (Å²) >= 11 is 0. The minimum Gasteiger partial charge on any atom is -0.390 e. The van der Waals surface area contributed by atoms with E-state index < -0.39 is 17.3 Å². The highest BCUT2D eigenvalue weighted by Crippen LogP contribution is 2.29. The summed E-state index contributed by atoms with van der Waals surface area (Å²) in [5.74, 6) is 0. The van der Waals surface area contributed by atoms with E-state index in [1.54, 1.807) is 14.0 Å². The molecule has 0 amide bonds. The van der Waals surface area contributed by atoms with Gasteiger partial charge in [-0.1, -0.05) is 12.1 Å². The molecule has 0 aliphatic rings. The number of alkyl halides is 3. The van der Waals surface area contributed by atoms with Crippen molar-refractivity contribution in [2.45, 2.75) is 31.5 Å². The molecule has 1 unspecified atom stereocenters. The number of hydrogen-bond donors (Lipinski definition) is 2. The summed E-state index contributed by atoms with van der Waals surface area (Å²) in [6, 6.07) is 4.91. The number of hydrogen-bond acceptors (Lipinski definition) is 3. The molecule has 0 heterocycles. The van der Waals surface area contributed by atoms with Crippen LogP contribution in [0.5, 0.6) is 0 Å². The van der Waals surface area contributed by atoms with Crippen LogP contribution in [0.3, 0.4) is 0 Å². The van der Waals surface area contributed by atoms with Crippen LogP contribution in [-0.4, -0.2) is 37.5 Å². The molecule has 0 radical (unpaired) electrons. The number of ether oxygens (including phenoxy) is 1.